The summed E-state index contributed by atoms with van der Waals surface area (Å²) in [6.07, 6.45) is 1.05. The summed E-state index contributed by atoms with van der Waals surface area (Å²) in [5.41, 5.74) is 1.26. The van der Waals surface area contributed by atoms with Crippen LogP contribution >= 0.6 is 0 Å². The van der Waals surface area contributed by atoms with E-state index in [4.69, 9.17) is 4.74 Å². The second-order valence-electron chi connectivity index (χ2n) is 7.51. The van der Waals surface area contributed by atoms with Crippen LogP contribution in [0.4, 0.5) is 8.78 Å². The number of rotatable bonds is 3. The molecule has 0 spiro atoms. The number of hydrogen-bond acceptors (Lipinski definition) is 4. The van der Waals surface area contributed by atoms with E-state index >= 15 is 0 Å². The van der Waals surface area contributed by atoms with Gasteiger partial charge in [0.1, 0.15) is 11.9 Å². The molecule has 0 radical (unpaired) electrons. The van der Waals surface area contributed by atoms with Crippen LogP contribution in [0.1, 0.15) is 27.7 Å². The van der Waals surface area contributed by atoms with Crippen LogP contribution in [0.25, 0.3) is 0 Å². The van der Waals surface area contributed by atoms with E-state index in [0.29, 0.717) is 18.7 Å². The number of ether oxygens (including phenoxy) is 1. The van der Waals surface area contributed by atoms with Crippen LogP contribution in [0.2, 0.25) is 0 Å². The monoisotopic (exact) mass is 423 g/mol. The topological polar surface area (TPSA) is 54.8 Å². The van der Waals surface area contributed by atoms with Crippen molar-refractivity contribution in [3.8, 4) is 0 Å². The fraction of sp³-hybridized carbons (Fsp3) is 0.217. The highest BCUT2D eigenvalue weighted by molar-refractivity contribution is 5.94. The van der Waals surface area contributed by atoms with Crippen molar-refractivity contribution in [3.05, 3.63) is 106 Å². The fourth-order valence-electron chi connectivity index (χ4n) is 4.28. The molecule has 31 heavy (non-hydrogen) atoms. The van der Waals surface area contributed by atoms with Crippen molar-refractivity contribution in [2.45, 2.75) is 12.2 Å². The fourth-order valence-corrected chi connectivity index (χ4v) is 4.28. The van der Waals surface area contributed by atoms with E-state index in [2.05, 4.69) is 0 Å². The molecule has 0 N–H and O–H groups in total. The van der Waals surface area contributed by atoms with E-state index in [9.17, 15) is 18.4 Å². The van der Waals surface area contributed by atoms with Gasteiger partial charge in [-0.3, -0.25) is 19.3 Å². The Morgan fingerprint density at radius 1 is 0.935 bits per heavy atom. The van der Waals surface area contributed by atoms with Gasteiger partial charge < -0.3 is 9.64 Å². The Hall–Kier alpha value is -3.52. The zero-order valence-corrected chi connectivity index (χ0v) is 16.4. The highest BCUT2D eigenvalue weighted by atomic mass is 19.2. The molecule has 1 aromatic heterocycles. The first kappa shape index (κ1) is 19.4. The minimum absolute atomic E-state index is 0.217. The molecule has 0 aliphatic carbocycles. The summed E-state index contributed by atoms with van der Waals surface area (Å²) >= 11 is 0. The highest BCUT2D eigenvalue weighted by Crippen LogP contribution is 2.34. The molecular formula is C23H19F2N3O3. The molecule has 0 saturated carbocycles. The highest BCUT2D eigenvalue weighted by Gasteiger charge is 2.43. The quantitative estimate of drug-likeness (QED) is 0.650. The third-order valence-electron chi connectivity index (χ3n) is 5.68. The Labute approximate surface area is 176 Å². The predicted molar refractivity (Wildman–Crippen MR) is 109 cm³/mol. The number of fused-ring (bicyclic) bond motifs is 2. The Bertz CT molecular complexity index is 1200. The first-order chi connectivity index (χ1) is 15.0. The lowest BCUT2D eigenvalue weighted by atomic mass is 9.96. The van der Waals surface area contributed by atoms with Crippen LogP contribution in [0.5, 0.6) is 0 Å². The van der Waals surface area contributed by atoms with Crippen molar-refractivity contribution in [2.24, 2.45) is 0 Å². The van der Waals surface area contributed by atoms with Crippen LogP contribution in [0, 0.1) is 11.6 Å². The van der Waals surface area contributed by atoms with Gasteiger partial charge in [-0.15, -0.1) is 0 Å². The Kier molecular flexibility index (Phi) is 4.78. The normalized spacial score (nSPS) is 19.0. The minimum atomic E-state index is -0.955. The van der Waals surface area contributed by atoms with Gasteiger partial charge >= 0.3 is 0 Å². The minimum Gasteiger partial charge on any atom is -0.375 e. The molecule has 1 saturated heterocycles. The van der Waals surface area contributed by atoms with Gasteiger partial charge in [-0.05, 0) is 23.3 Å². The van der Waals surface area contributed by atoms with Crippen molar-refractivity contribution < 1.29 is 18.3 Å². The van der Waals surface area contributed by atoms with E-state index in [0.717, 1.165) is 11.6 Å². The first-order valence-electron chi connectivity index (χ1n) is 9.94. The number of halogens is 2. The number of carbonyl (C=O) groups is 1. The van der Waals surface area contributed by atoms with Gasteiger partial charge in [-0.1, -0.05) is 36.4 Å². The molecule has 8 heteroatoms. The van der Waals surface area contributed by atoms with E-state index < -0.39 is 23.8 Å². The molecule has 3 heterocycles. The Balaban J connectivity index is 1.76. The summed E-state index contributed by atoms with van der Waals surface area (Å²) in [6, 6.07) is 15.3. The third-order valence-corrected chi connectivity index (χ3v) is 5.68. The van der Waals surface area contributed by atoms with Crippen molar-refractivity contribution in [1.29, 1.82) is 0 Å². The maximum absolute atomic E-state index is 14.2. The maximum atomic E-state index is 14.2. The molecule has 158 valence electrons. The smallest absolute Gasteiger partial charge is 0.274 e. The van der Waals surface area contributed by atoms with Gasteiger partial charge in [-0.25, -0.2) is 8.78 Å². The summed E-state index contributed by atoms with van der Waals surface area (Å²) in [6.45, 7) is 0.987. The van der Waals surface area contributed by atoms with Crippen LogP contribution in [0.15, 0.2) is 71.7 Å². The van der Waals surface area contributed by atoms with Gasteiger partial charge in [0.05, 0.1) is 19.3 Å². The second kappa shape index (κ2) is 7.63. The summed E-state index contributed by atoms with van der Waals surface area (Å²) in [5.74, 6) is -2.15. The van der Waals surface area contributed by atoms with Crippen molar-refractivity contribution in [3.63, 3.8) is 0 Å². The maximum Gasteiger partial charge on any atom is 0.274 e. The number of hydrogen-bond donors (Lipinski definition) is 0. The number of morpholine rings is 1. The molecule has 3 aromatic rings. The van der Waals surface area contributed by atoms with E-state index in [-0.39, 0.29) is 23.6 Å². The van der Waals surface area contributed by atoms with Gasteiger partial charge in [0.2, 0.25) is 0 Å². The number of pyridine rings is 1. The number of aromatic nitrogens is 1. The molecule has 0 bridgehead atoms. The van der Waals surface area contributed by atoms with E-state index in [1.54, 1.807) is 9.58 Å². The predicted octanol–water partition coefficient (Wildman–Crippen LogP) is 2.67. The number of benzene rings is 2. The number of carbonyl (C=O) groups excluding carboxylic acids is 1. The number of nitrogens with zero attached hydrogens (tertiary/aromatic N) is 3. The largest absolute Gasteiger partial charge is 0.375 e. The summed E-state index contributed by atoms with van der Waals surface area (Å²) in [4.78, 5) is 26.8. The molecule has 2 aliphatic rings. The van der Waals surface area contributed by atoms with Crippen LogP contribution < -0.4 is 10.4 Å². The zero-order valence-electron chi connectivity index (χ0n) is 16.4. The molecule has 1 fully saturated rings. The molecule has 2 aromatic carbocycles. The lowest BCUT2D eigenvalue weighted by Gasteiger charge is -2.51. The molecule has 0 unspecified atom stereocenters. The van der Waals surface area contributed by atoms with Crippen molar-refractivity contribution in [2.75, 3.05) is 24.8 Å². The average Bonchev–Trinajstić information content (AvgIpc) is 2.79. The van der Waals surface area contributed by atoms with Crippen LogP contribution in [-0.4, -0.2) is 41.4 Å². The SMILES string of the molecule is O=C1c2cc(=O)ccn2N([C@H](c2ccccc2)c2ccc(F)c(F)c2)[C@@H]2COCCN12. The lowest BCUT2D eigenvalue weighted by molar-refractivity contribution is -0.0193. The molecule has 5 rings (SSSR count). The van der Waals surface area contributed by atoms with Gasteiger partial charge in [-0.2, -0.15) is 0 Å². The standard InChI is InChI=1S/C23H19F2N3O3/c24-18-7-6-16(12-19(18)25)22(15-4-2-1-3-5-15)28-21-14-31-11-10-26(21)23(30)20-13-17(29)8-9-27(20)28/h1-9,12-13,21-22H,10-11,14H2/t21-,22-/m1/s1. The van der Waals surface area contributed by atoms with Crippen molar-refractivity contribution >= 4 is 5.91 Å². The van der Waals surface area contributed by atoms with Gasteiger partial charge in [0.25, 0.3) is 5.91 Å². The molecular weight excluding hydrogens is 404 g/mol. The Morgan fingerprint density at radius 3 is 2.52 bits per heavy atom. The van der Waals surface area contributed by atoms with E-state index in [1.807, 2.05) is 35.3 Å². The van der Waals surface area contributed by atoms with Crippen LogP contribution in [0.3, 0.4) is 0 Å². The van der Waals surface area contributed by atoms with Crippen LogP contribution in [-0.2, 0) is 4.74 Å². The van der Waals surface area contributed by atoms with Crippen molar-refractivity contribution in [1.82, 2.24) is 9.58 Å². The third kappa shape index (κ3) is 3.29. The second-order valence-corrected chi connectivity index (χ2v) is 7.51. The lowest BCUT2D eigenvalue weighted by Crippen LogP contribution is -2.66. The zero-order chi connectivity index (χ0) is 21.5. The summed E-state index contributed by atoms with van der Waals surface area (Å²) in [7, 11) is 0. The summed E-state index contributed by atoms with van der Waals surface area (Å²) in [5, 5.41) is 1.89. The number of amides is 1. The molecule has 1 amide bonds. The molecule has 2 aliphatic heterocycles. The van der Waals surface area contributed by atoms with Gasteiger partial charge in [0, 0.05) is 24.9 Å². The summed E-state index contributed by atoms with van der Waals surface area (Å²) < 4.78 is 35.2. The average molecular weight is 423 g/mol. The molecule has 2 atom stereocenters. The van der Waals surface area contributed by atoms with Gasteiger partial charge in [0.15, 0.2) is 17.1 Å². The Morgan fingerprint density at radius 2 is 1.74 bits per heavy atom. The first-order valence-corrected chi connectivity index (χ1v) is 9.94. The molecule has 6 nitrogen and oxygen atoms in total. The van der Waals surface area contributed by atoms with E-state index in [1.165, 1.54) is 30.5 Å².